The third kappa shape index (κ3) is 13.4. The van der Waals surface area contributed by atoms with Crippen molar-refractivity contribution in [3.8, 4) is 23.0 Å². The van der Waals surface area contributed by atoms with Crippen molar-refractivity contribution in [2.24, 2.45) is 22.9 Å². The van der Waals surface area contributed by atoms with E-state index in [0.29, 0.717) is 53.5 Å². The molecule has 2 aromatic carbocycles. The number of rotatable bonds is 32. The van der Waals surface area contributed by atoms with Gasteiger partial charge in [0.2, 0.25) is 11.7 Å². The van der Waals surface area contributed by atoms with Gasteiger partial charge in [0, 0.05) is 44.1 Å². The summed E-state index contributed by atoms with van der Waals surface area (Å²) >= 11 is 0. The van der Waals surface area contributed by atoms with Crippen LogP contribution < -0.4 is 14.2 Å². The van der Waals surface area contributed by atoms with Crippen molar-refractivity contribution in [1.29, 1.82) is 0 Å². The van der Waals surface area contributed by atoms with Crippen molar-refractivity contribution in [1.82, 2.24) is 4.90 Å². The lowest BCUT2D eigenvalue weighted by molar-refractivity contribution is -0.258. The summed E-state index contributed by atoms with van der Waals surface area (Å²) in [5.74, 6) is 0.0135. The Hall–Kier alpha value is -4.27. The molecular formula is C52H76N2O11. The number of amides is 1. The van der Waals surface area contributed by atoms with E-state index in [-0.39, 0.29) is 76.3 Å². The molecule has 5 rings (SSSR count). The number of hydrogen-bond donors (Lipinski definition) is 3. The van der Waals surface area contributed by atoms with Gasteiger partial charge in [-0.15, -0.1) is 6.58 Å². The van der Waals surface area contributed by atoms with Gasteiger partial charge in [0.15, 0.2) is 6.29 Å². The minimum absolute atomic E-state index is 0.0302. The molecule has 65 heavy (non-hydrogen) atoms. The first-order valence-electron chi connectivity index (χ1n) is 24.2. The zero-order chi connectivity index (χ0) is 46.4. The van der Waals surface area contributed by atoms with Crippen LogP contribution in [0.2, 0.25) is 0 Å². The number of aldehydes is 1. The zero-order valence-electron chi connectivity index (χ0n) is 39.3. The highest BCUT2D eigenvalue weighted by Crippen LogP contribution is 2.62. The zero-order valence-corrected chi connectivity index (χ0v) is 39.3. The summed E-state index contributed by atoms with van der Waals surface area (Å²) in [5.41, 5.74) is 2.93. The first-order valence-corrected chi connectivity index (χ1v) is 24.2. The fraction of sp³-hybridized carbons (Fsp3) is 0.635. The molecule has 2 aliphatic carbocycles. The van der Waals surface area contributed by atoms with Crippen LogP contribution >= 0.6 is 0 Å². The number of benzene rings is 2. The number of aliphatic hydroxyl groups is 3. The molecule has 1 amide bonds. The Bertz CT molecular complexity index is 1850. The third-order valence-electron chi connectivity index (χ3n) is 13.3. The van der Waals surface area contributed by atoms with Gasteiger partial charge in [-0.05, 0) is 85.9 Å². The molecule has 13 nitrogen and oxygen atoms in total. The maximum absolute atomic E-state index is 14.8. The predicted octanol–water partition coefficient (Wildman–Crippen LogP) is 9.32. The number of carbonyl (C=O) groups excluding carboxylic acids is 2. The second-order valence-electron chi connectivity index (χ2n) is 17.6. The van der Waals surface area contributed by atoms with E-state index in [1.165, 1.54) is 46.3 Å². The predicted molar refractivity (Wildman–Crippen MR) is 252 cm³/mol. The molecule has 360 valence electrons. The standard InChI is InChI=1S/C52H76N2O11/c1-5-7-8-9-10-11-12-13-14-21-49(59)54(26-31-62-32-29-57)48-36-45(53-61-4)43-34-38(19-15-17-27-55)42(20-16-18-28-56)50-44-35-41(64-40-22-24-46(60-3)39(33-40)37-58)23-25-47(44)65-52(48,51(43)50)63-30-6-2/h6,22-25,33-35,37-38,42,48,50-51,55-57H,2,5,7-21,26-32,36H2,1,3-4H3. The second-order valence-corrected chi connectivity index (χ2v) is 17.6. The van der Waals surface area contributed by atoms with Crippen LogP contribution in [-0.2, 0) is 19.1 Å². The Morgan fingerprint density at radius 1 is 0.892 bits per heavy atom. The fourth-order valence-corrected chi connectivity index (χ4v) is 10.3. The van der Waals surface area contributed by atoms with Gasteiger partial charge in [-0.25, -0.2) is 0 Å². The van der Waals surface area contributed by atoms with Crippen LogP contribution in [0.25, 0.3) is 0 Å². The van der Waals surface area contributed by atoms with Gasteiger partial charge in [-0.1, -0.05) is 88.4 Å². The summed E-state index contributed by atoms with van der Waals surface area (Å²) in [6.45, 7) is 7.05. The number of carbonyl (C=O) groups is 2. The van der Waals surface area contributed by atoms with E-state index in [9.17, 15) is 24.9 Å². The summed E-state index contributed by atoms with van der Waals surface area (Å²) in [4.78, 5) is 34.2. The molecule has 0 saturated heterocycles. The highest BCUT2D eigenvalue weighted by molar-refractivity contribution is 6.03. The average molecular weight is 905 g/mol. The SMILES string of the molecule is C=CCOC12Oc3ccc(Oc4ccc(OC)c(C=O)c4)cc3C3C(CCCCO)C(CCCCO)C=C(C(=NOC)CC1N(CCOCCO)C(=O)CCCCCCCCCCC)C32. The topological polar surface area (TPSA) is 166 Å². The number of oxime groups is 1. The smallest absolute Gasteiger partial charge is 0.239 e. The number of hydrogen-bond acceptors (Lipinski definition) is 12. The van der Waals surface area contributed by atoms with Crippen molar-refractivity contribution in [3.63, 3.8) is 0 Å². The van der Waals surface area contributed by atoms with E-state index < -0.39 is 17.7 Å². The van der Waals surface area contributed by atoms with Crippen LogP contribution in [0.4, 0.5) is 0 Å². The van der Waals surface area contributed by atoms with Gasteiger partial charge < -0.3 is 48.7 Å². The van der Waals surface area contributed by atoms with Crippen LogP contribution in [-0.4, -0.2) is 110 Å². The molecule has 1 aliphatic heterocycles. The fourth-order valence-electron chi connectivity index (χ4n) is 10.3. The van der Waals surface area contributed by atoms with Crippen molar-refractivity contribution in [3.05, 3.63) is 71.8 Å². The molecule has 1 heterocycles. The van der Waals surface area contributed by atoms with Gasteiger partial charge in [0.1, 0.15) is 36.1 Å². The van der Waals surface area contributed by atoms with E-state index in [4.69, 9.17) is 33.7 Å². The molecule has 0 bridgehead atoms. The number of methoxy groups -OCH3 is 1. The molecular weight excluding hydrogens is 829 g/mol. The Morgan fingerprint density at radius 2 is 1.60 bits per heavy atom. The third-order valence-corrected chi connectivity index (χ3v) is 13.3. The van der Waals surface area contributed by atoms with Crippen molar-refractivity contribution in [2.45, 2.75) is 134 Å². The molecule has 0 aromatic heterocycles. The molecule has 0 radical (unpaired) electrons. The number of allylic oxidation sites excluding steroid dienone is 1. The Labute approximate surface area is 387 Å². The van der Waals surface area contributed by atoms with E-state index in [1.807, 2.05) is 23.1 Å². The summed E-state index contributed by atoms with van der Waals surface area (Å²) in [6.07, 6.45) is 20.1. The maximum atomic E-state index is 14.8. The summed E-state index contributed by atoms with van der Waals surface area (Å²) < 4.78 is 32.1. The first kappa shape index (κ1) is 51.7. The molecule has 2 aromatic rings. The lowest BCUT2D eigenvalue weighted by Gasteiger charge is -2.60. The normalized spacial score (nSPS) is 22.6. The number of fused-ring (bicyclic) bond motifs is 2. The van der Waals surface area contributed by atoms with E-state index >= 15 is 0 Å². The van der Waals surface area contributed by atoms with Crippen LogP contribution in [0.3, 0.4) is 0 Å². The van der Waals surface area contributed by atoms with Crippen LogP contribution in [0, 0.1) is 17.8 Å². The number of ether oxygens (including phenoxy) is 5. The quantitative estimate of drug-likeness (QED) is 0.0277. The van der Waals surface area contributed by atoms with Gasteiger partial charge in [-0.2, -0.15) is 0 Å². The largest absolute Gasteiger partial charge is 0.496 e. The Kier molecular flexibility index (Phi) is 21.8. The average Bonchev–Trinajstić information content (AvgIpc) is 3.32. The first-order chi connectivity index (χ1) is 31.8. The van der Waals surface area contributed by atoms with Crippen LogP contribution in [0.15, 0.2) is 65.9 Å². The molecule has 6 unspecified atom stereocenters. The molecule has 6 atom stereocenters. The summed E-state index contributed by atoms with van der Waals surface area (Å²) in [6, 6.07) is 10.2. The van der Waals surface area contributed by atoms with E-state index in [1.54, 1.807) is 24.3 Å². The van der Waals surface area contributed by atoms with E-state index in [0.717, 1.165) is 68.8 Å². The molecule has 0 spiro atoms. The highest BCUT2D eigenvalue weighted by Gasteiger charge is 2.65. The van der Waals surface area contributed by atoms with Crippen molar-refractivity contribution in [2.75, 3.05) is 60.4 Å². The Balaban J connectivity index is 1.64. The molecule has 3 aliphatic rings. The molecule has 1 fully saturated rings. The maximum Gasteiger partial charge on any atom is 0.239 e. The monoisotopic (exact) mass is 905 g/mol. The number of aliphatic hydroxyl groups excluding tert-OH is 3. The molecule has 3 N–H and O–H groups in total. The lowest BCUT2D eigenvalue weighted by atomic mass is 9.55. The van der Waals surface area contributed by atoms with Gasteiger partial charge in [0.05, 0.1) is 50.7 Å². The Morgan fingerprint density at radius 3 is 2.28 bits per heavy atom. The van der Waals surface area contributed by atoms with E-state index in [2.05, 4.69) is 19.6 Å². The van der Waals surface area contributed by atoms with Gasteiger partial charge >= 0.3 is 0 Å². The van der Waals surface area contributed by atoms with Gasteiger partial charge in [0.25, 0.3) is 0 Å². The minimum atomic E-state index is -1.40. The van der Waals surface area contributed by atoms with Crippen LogP contribution in [0.1, 0.15) is 138 Å². The minimum Gasteiger partial charge on any atom is -0.496 e. The molecule has 1 saturated carbocycles. The van der Waals surface area contributed by atoms with Crippen LogP contribution in [0.5, 0.6) is 23.0 Å². The number of nitrogens with zero attached hydrogens (tertiary/aromatic N) is 2. The second kappa shape index (κ2) is 27.4. The number of unbranched alkanes of at least 4 members (excludes halogenated alkanes) is 10. The van der Waals surface area contributed by atoms with Crippen molar-refractivity contribution < 1.29 is 53.4 Å². The summed E-state index contributed by atoms with van der Waals surface area (Å²) in [5, 5.41) is 34.2. The van der Waals surface area contributed by atoms with Gasteiger partial charge in [-0.3, -0.25) is 9.59 Å². The molecule has 13 heteroatoms. The van der Waals surface area contributed by atoms with Crippen molar-refractivity contribution >= 4 is 17.9 Å². The summed E-state index contributed by atoms with van der Waals surface area (Å²) in [7, 11) is 3.05. The highest BCUT2D eigenvalue weighted by atomic mass is 16.7. The lowest BCUT2D eigenvalue weighted by Crippen LogP contribution is -2.70.